The van der Waals surface area contributed by atoms with Crippen LogP contribution in [-0.2, 0) is 12.8 Å². The molecule has 0 amide bonds. The van der Waals surface area contributed by atoms with E-state index in [2.05, 4.69) is 36.9 Å². The van der Waals surface area contributed by atoms with E-state index in [9.17, 15) is 4.79 Å². The molecular formula is C17H22N2O. The van der Waals surface area contributed by atoms with Crippen LogP contribution in [0.15, 0.2) is 18.2 Å². The van der Waals surface area contributed by atoms with Crippen LogP contribution in [0.5, 0.6) is 0 Å². The molecule has 20 heavy (non-hydrogen) atoms. The number of nitriles is 1. The molecule has 0 aromatic heterocycles. The summed E-state index contributed by atoms with van der Waals surface area (Å²) in [4.78, 5) is 14.5. The molecule has 0 aliphatic heterocycles. The Morgan fingerprint density at radius 1 is 1.35 bits per heavy atom. The van der Waals surface area contributed by atoms with Gasteiger partial charge in [-0.1, -0.05) is 12.1 Å². The number of Topliss-reactive ketones (excluding diaryl/α,β-unsaturated/α-hetero) is 1. The van der Waals surface area contributed by atoms with E-state index in [0.29, 0.717) is 19.5 Å². The van der Waals surface area contributed by atoms with Gasteiger partial charge >= 0.3 is 0 Å². The molecule has 0 heterocycles. The first-order chi connectivity index (χ1) is 9.61. The zero-order chi connectivity index (χ0) is 14.5. The van der Waals surface area contributed by atoms with Crippen LogP contribution >= 0.6 is 0 Å². The topological polar surface area (TPSA) is 44.1 Å². The summed E-state index contributed by atoms with van der Waals surface area (Å²) in [6.07, 6.45) is 3.91. The minimum absolute atomic E-state index is 0.159. The number of nitrogens with zero attached hydrogens (tertiary/aromatic N) is 2. The van der Waals surface area contributed by atoms with Gasteiger partial charge in [-0.2, -0.15) is 5.26 Å². The van der Waals surface area contributed by atoms with Gasteiger partial charge in [0.15, 0.2) is 5.78 Å². The molecule has 0 saturated heterocycles. The molecule has 106 valence electrons. The first-order valence-corrected chi connectivity index (χ1v) is 7.38. The third-order valence-corrected chi connectivity index (χ3v) is 4.01. The van der Waals surface area contributed by atoms with Crippen molar-refractivity contribution in [2.45, 2.75) is 45.6 Å². The monoisotopic (exact) mass is 270 g/mol. The maximum Gasteiger partial charge on any atom is 0.176 e. The molecule has 0 spiro atoms. The van der Waals surface area contributed by atoms with Gasteiger partial charge in [0.25, 0.3) is 0 Å². The lowest BCUT2D eigenvalue weighted by Gasteiger charge is -2.24. The Morgan fingerprint density at radius 3 is 2.80 bits per heavy atom. The SMILES string of the molecule is CC(C)N(CCC#N)CC(=O)c1ccc2c(c1)CCC2. The van der Waals surface area contributed by atoms with E-state index < -0.39 is 0 Å². The molecule has 0 fully saturated rings. The second-order valence-corrected chi connectivity index (χ2v) is 5.73. The van der Waals surface area contributed by atoms with Crippen molar-refractivity contribution in [2.24, 2.45) is 0 Å². The third kappa shape index (κ3) is 3.46. The van der Waals surface area contributed by atoms with Crippen molar-refractivity contribution in [3.63, 3.8) is 0 Å². The molecule has 0 atom stereocenters. The van der Waals surface area contributed by atoms with E-state index in [0.717, 1.165) is 18.4 Å². The first kappa shape index (κ1) is 14.7. The average molecular weight is 270 g/mol. The van der Waals surface area contributed by atoms with Gasteiger partial charge in [0.05, 0.1) is 12.6 Å². The minimum atomic E-state index is 0.159. The van der Waals surface area contributed by atoms with Crippen molar-refractivity contribution >= 4 is 5.78 Å². The number of rotatable bonds is 6. The second kappa shape index (κ2) is 6.67. The minimum Gasteiger partial charge on any atom is -0.293 e. The van der Waals surface area contributed by atoms with Gasteiger partial charge in [-0.05, 0) is 50.3 Å². The summed E-state index contributed by atoms with van der Waals surface area (Å²) in [5.41, 5.74) is 3.55. The first-order valence-electron chi connectivity index (χ1n) is 7.38. The quantitative estimate of drug-likeness (QED) is 0.746. The van der Waals surface area contributed by atoms with Crippen molar-refractivity contribution < 1.29 is 4.79 Å². The van der Waals surface area contributed by atoms with E-state index in [1.165, 1.54) is 17.5 Å². The number of fused-ring (bicyclic) bond motifs is 1. The number of carbonyl (C=O) groups excluding carboxylic acids is 1. The summed E-state index contributed by atoms with van der Waals surface area (Å²) < 4.78 is 0. The van der Waals surface area contributed by atoms with Gasteiger partial charge in [0, 0.05) is 24.6 Å². The Bertz CT molecular complexity index is 528. The normalized spacial score (nSPS) is 13.6. The molecular weight excluding hydrogens is 248 g/mol. The largest absolute Gasteiger partial charge is 0.293 e. The van der Waals surface area contributed by atoms with Crippen LogP contribution in [0.3, 0.4) is 0 Å². The summed E-state index contributed by atoms with van der Waals surface area (Å²) in [6.45, 7) is 5.18. The molecule has 1 aliphatic rings. The molecule has 0 unspecified atom stereocenters. The molecule has 0 bridgehead atoms. The van der Waals surface area contributed by atoms with Crippen LogP contribution in [-0.4, -0.2) is 29.8 Å². The van der Waals surface area contributed by atoms with E-state index in [4.69, 9.17) is 5.26 Å². The molecule has 1 aromatic rings. The standard InChI is InChI=1S/C17H22N2O/c1-13(2)19(10-4-9-18)12-17(20)16-8-7-14-5-3-6-15(14)11-16/h7-8,11,13H,3-6,10,12H2,1-2H3. The Kier molecular flexibility index (Phi) is 4.92. The van der Waals surface area contributed by atoms with E-state index in [-0.39, 0.29) is 11.8 Å². The molecule has 1 aromatic carbocycles. The van der Waals surface area contributed by atoms with Crippen molar-refractivity contribution in [1.82, 2.24) is 4.90 Å². The zero-order valence-corrected chi connectivity index (χ0v) is 12.4. The summed E-state index contributed by atoms with van der Waals surface area (Å²) in [7, 11) is 0. The van der Waals surface area contributed by atoms with Crippen LogP contribution in [0.1, 0.15) is 48.2 Å². The predicted molar refractivity (Wildman–Crippen MR) is 79.7 cm³/mol. The van der Waals surface area contributed by atoms with Gasteiger partial charge in [-0.25, -0.2) is 0 Å². The van der Waals surface area contributed by atoms with E-state index in [1.807, 2.05) is 6.07 Å². The molecule has 3 heteroatoms. The summed E-state index contributed by atoms with van der Waals surface area (Å²) in [6, 6.07) is 8.54. The van der Waals surface area contributed by atoms with Crippen LogP contribution in [0.2, 0.25) is 0 Å². The summed E-state index contributed by atoms with van der Waals surface area (Å²) in [5, 5.41) is 8.69. The zero-order valence-electron chi connectivity index (χ0n) is 12.4. The maximum absolute atomic E-state index is 12.4. The molecule has 2 rings (SSSR count). The van der Waals surface area contributed by atoms with Crippen molar-refractivity contribution in [3.8, 4) is 6.07 Å². The maximum atomic E-state index is 12.4. The highest BCUT2D eigenvalue weighted by Crippen LogP contribution is 2.23. The highest BCUT2D eigenvalue weighted by molar-refractivity contribution is 5.97. The number of carbonyl (C=O) groups is 1. The molecule has 1 aliphatic carbocycles. The highest BCUT2D eigenvalue weighted by Gasteiger charge is 2.17. The Morgan fingerprint density at radius 2 is 2.10 bits per heavy atom. The number of aryl methyl sites for hydroxylation is 2. The van der Waals surface area contributed by atoms with Crippen molar-refractivity contribution in [3.05, 3.63) is 34.9 Å². The van der Waals surface area contributed by atoms with Crippen LogP contribution in [0, 0.1) is 11.3 Å². The number of ketones is 1. The lowest BCUT2D eigenvalue weighted by Crippen LogP contribution is -2.36. The molecule has 0 radical (unpaired) electrons. The second-order valence-electron chi connectivity index (χ2n) is 5.73. The van der Waals surface area contributed by atoms with E-state index >= 15 is 0 Å². The number of hydrogen-bond donors (Lipinski definition) is 0. The van der Waals surface area contributed by atoms with Crippen LogP contribution in [0.25, 0.3) is 0 Å². The summed E-state index contributed by atoms with van der Waals surface area (Å²) in [5.74, 6) is 0.159. The Labute approximate surface area is 121 Å². The van der Waals surface area contributed by atoms with Gasteiger partial charge in [-0.3, -0.25) is 9.69 Å². The molecule has 0 N–H and O–H groups in total. The average Bonchev–Trinajstić information content (AvgIpc) is 2.90. The fourth-order valence-corrected chi connectivity index (χ4v) is 2.73. The van der Waals surface area contributed by atoms with Gasteiger partial charge in [0.2, 0.25) is 0 Å². The van der Waals surface area contributed by atoms with Crippen molar-refractivity contribution in [1.29, 1.82) is 5.26 Å². The number of hydrogen-bond acceptors (Lipinski definition) is 3. The summed E-state index contributed by atoms with van der Waals surface area (Å²) >= 11 is 0. The molecule has 0 saturated carbocycles. The lowest BCUT2D eigenvalue weighted by atomic mass is 10.0. The van der Waals surface area contributed by atoms with Crippen molar-refractivity contribution in [2.75, 3.05) is 13.1 Å². The fraction of sp³-hybridized carbons (Fsp3) is 0.529. The molecule has 3 nitrogen and oxygen atoms in total. The van der Waals surface area contributed by atoms with Crippen LogP contribution < -0.4 is 0 Å². The Balaban J connectivity index is 2.05. The van der Waals surface area contributed by atoms with Gasteiger partial charge < -0.3 is 0 Å². The fourth-order valence-electron chi connectivity index (χ4n) is 2.73. The Hall–Kier alpha value is -1.66. The number of benzene rings is 1. The highest BCUT2D eigenvalue weighted by atomic mass is 16.1. The predicted octanol–water partition coefficient (Wildman–Crippen LogP) is 2.98. The smallest absolute Gasteiger partial charge is 0.176 e. The van der Waals surface area contributed by atoms with E-state index in [1.54, 1.807) is 0 Å². The lowest BCUT2D eigenvalue weighted by molar-refractivity contribution is 0.0908. The van der Waals surface area contributed by atoms with Gasteiger partial charge in [-0.15, -0.1) is 0 Å². The third-order valence-electron chi connectivity index (χ3n) is 4.01. The van der Waals surface area contributed by atoms with Gasteiger partial charge in [0.1, 0.15) is 0 Å². The van der Waals surface area contributed by atoms with Crippen LogP contribution in [0.4, 0.5) is 0 Å².